The van der Waals surface area contributed by atoms with E-state index in [-0.39, 0.29) is 5.92 Å². The lowest BCUT2D eigenvalue weighted by Gasteiger charge is -2.20. The van der Waals surface area contributed by atoms with Gasteiger partial charge in [-0.05, 0) is 11.1 Å². The van der Waals surface area contributed by atoms with E-state index < -0.39 is 6.10 Å². The second-order valence-electron chi connectivity index (χ2n) is 4.03. The predicted octanol–water partition coefficient (Wildman–Crippen LogP) is 3.69. The molecule has 0 aliphatic rings. The highest BCUT2D eigenvalue weighted by Crippen LogP contribution is 2.31. The summed E-state index contributed by atoms with van der Waals surface area (Å²) in [6.07, 6.45) is 1.25. The van der Waals surface area contributed by atoms with E-state index in [0.717, 1.165) is 11.1 Å². The second-order valence-corrected chi connectivity index (χ2v) is 4.03. The molecule has 1 nitrogen and oxygen atoms in total. The normalized spacial score (nSPS) is 13.9. The molecule has 0 unspecified atom stereocenters. The smallest absolute Gasteiger partial charge is 0.0893 e. The molecule has 0 aliphatic carbocycles. The van der Waals surface area contributed by atoms with Gasteiger partial charge in [-0.25, -0.2) is 0 Å². The number of hydrogen-bond acceptors (Lipinski definition) is 1. The van der Waals surface area contributed by atoms with Gasteiger partial charge in [-0.2, -0.15) is 0 Å². The van der Waals surface area contributed by atoms with Crippen LogP contribution in [0.1, 0.15) is 23.1 Å². The van der Waals surface area contributed by atoms with Crippen molar-refractivity contribution >= 4 is 0 Å². The molecule has 0 bridgehead atoms. The van der Waals surface area contributed by atoms with Crippen molar-refractivity contribution < 1.29 is 5.11 Å². The molecular formula is C16H16O. The first-order valence-electron chi connectivity index (χ1n) is 5.73. The van der Waals surface area contributed by atoms with E-state index in [1.165, 1.54) is 0 Å². The van der Waals surface area contributed by atoms with Crippen LogP contribution < -0.4 is 0 Å². The van der Waals surface area contributed by atoms with Gasteiger partial charge >= 0.3 is 0 Å². The van der Waals surface area contributed by atoms with Crippen LogP contribution >= 0.6 is 0 Å². The third-order valence-electron chi connectivity index (χ3n) is 2.92. The Bertz CT molecular complexity index is 461. The summed E-state index contributed by atoms with van der Waals surface area (Å²) in [5, 5.41) is 10.4. The monoisotopic (exact) mass is 224 g/mol. The van der Waals surface area contributed by atoms with E-state index in [0.29, 0.717) is 0 Å². The van der Waals surface area contributed by atoms with Crippen molar-refractivity contribution in [2.75, 3.05) is 0 Å². The first kappa shape index (κ1) is 11.6. The van der Waals surface area contributed by atoms with Gasteiger partial charge in [-0.1, -0.05) is 66.7 Å². The minimum absolute atomic E-state index is 0.0707. The van der Waals surface area contributed by atoms with Crippen LogP contribution in [0.25, 0.3) is 0 Å². The molecule has 0 aliphatic heterocycles. The Hall–Kier alpha value is -1.86. The van der Waals surface area contributed by atoms with Gasteiger partial charge < -0.3 is 5.11 Å². The van der Waals surface area contributed by atoms with Crippen LogP contribution in [0.2, 0.25) is 0 Å². The second kappa shape index (κ2) is 5.46. The van der Waals surface area contributed by atoms with Gasteiger partial charge in [-0.15, -0.1) is 6.58 Å². The van der Waals surface area contributed by atoms with Crippen molar-refractivity contribution in [1.82, 2.24) is 0 Å². The van der Waals surface area contributed by atoms with Crippen LogP contribution in [0, 0.1) is 0 Å². The lowest BCUT2D eigenvalue weighted by molar-refractivity contribution is 0.162. The largest absolute Gasteiger partial charge is 0.387 e. The lowest BCUT2D eigenvalue weighted by atomic mass is 9.89. The molecule has 0 aromatic heterocycles. The number of aliphatic hydroxyl groups excluding tert-OH is 1. The number of hydrogen-bond donors (Lipinski definition) is 1. The lowest BCUT2D eigenvalue weighted by Crippen LogP contribution is -2.08. The molecule has 2 atom stereocenters. The maximum Gasteiger partial charge on any atom is 0.0893 e. The van der Waals surface area contributed by atoms with Crippen LogP contribution in [-0.2, 0) is 0 Å². The van der Waals surface area contributed by atoms with Crippen LogP contribution in [0.15, 0.2) is 73.3 Å². The van der Waals surface area contributed by atoms with Gasteiger partial charge in [0.15, 0.2) is 0 Å². The van der Waals surface area contributed by atoms with E-state index >= 15 is 0 Å². The predicted molar refractivity (Wildman–Crippen MR) is 70.8 cm³/mol. The Morgan fingerprint density at radius 3 is 1.76 bits per heavy atom. The Balaban J connectivity index is 2.28. The molecule has 86 valence electrons. The third-order valence-corrected chi connectivity index (χ3v) is 2.92. The molecule has 0 heterocycles. The zero-order valence-electron chi connectivity index (χ0n) is 9.66. The highest BCUT2D eigenvalue weighted by molar-refractivity contribution is 5.29. The van der Waals surface area contributed by atoms with Crippen molar-refractivity contribution in [3.63, 3.8) is 0 Å². The van der Waals surface area contributed by atoms with E-state index in [1.807, 2.05) is 60.7 Å². The van der Waals surface area contributed by atoms with Crippen LogP contribution in [-0.4, -0.2) is 5.11 Å². The summed E-state index contributed by atoms with van der Waals surface area (Å²) >= 11 is 0. The molecule has 0 radical (unpaired) electrons. The fraction of sp³-hybridized carbons (Fsp3) is 0.125. The molecule has 0 fully saturated rings. The maximum atomic E-state index is 10.4. The Labute approximate surface area is 102 Å². The SMILES string of the molecule is C=C[C@H](c1ccccc1)[C@@H](O)c1ccccc1. The Morgan fingerprint density at radius 1 is 0.824 bits per heavy atom. The highest BCUT2D eigenvalue weighted by atomic mass is 16.3. The summed E-state index contributed by atoms with van der Waals surface area (Å²) in [5.74, 6) is -0.0707. The Morgan fingerprint density at radius 2 is 1.29 bits per heavy atom. The summed E-state index contributed by atoms with van der Waals surface area (Å²) in [6, 6.07) is 19.6. The van der Waals surface area contributed by atoms with Gasteiger partial charge in [0.2, 0.25) is 0 Å². The molecule has 0 amide bonds. The Kier molecular flexibility index (Phi) is 3.73. The fourth-order valence-electron chi connectivity index (χ4n) is 1.98. The van der Waals surface area contributed by atoms with E-state index in [9.17, 15) is 5.11 Å². The maximum absolute atomic E-state index is 10.4. The van der Waals surface area contributed by atoms with Crippen molar-refractivity contribution in [3.8, 4) is 0 Å². The molecule has 2 rings (SSSR count). The van der Waals surface area contributed by atoms with Gasteiger partial charge in [-0.3, -0.25) is 0 Å². The average molecular weight is 224 g/mol. The summed E-state index contributed by atoms with van der Waals surface area (Å²) in [6.45, 7) is 3.82. The van der Waals surface area contributed by atoms with Crippen molar-refractivity contribution in [1.29, 1.82) is 0 Å². The summed E-state index contributed by atoms with van der Waals surface area (Å²) in [7, 11) is 0. The summed E-state index contributed by atoms with van der Waals surface area (Å²) in [4.78, 5) is 0. The molecule has 0 spiro atoms. The third kappa shape index (κ3) is 2.63. The van der Waals surface area contributed by atoms with Gasteiger partial charge in [0.05, 0.1) is 6.10 Å². The van der Waals surface area contributed by atoms with Crippen molar-refractivity contribution in [2.45, 2.75) is 12.0 Å². The number of benzene rings is 2. The summed E-state index contributed by atoms with van der Waals surface area (Å²) < 4.78 is 0. The quantitative estimate of drug-likeness (QED) is 0.785. The molecule has 0 saturated carbocycles. The highest BCUT2D eigenvalue weighted by Gasteiger charge is 2.19. The van der Waals surface area contributed by atoms with E-state index in [2.05, 4.69) is 6.58 Å². The first-order chi connectivity index (χ1) is 8.33. The molecule has 0 saturated heterocycles. The van der Waals surface area contributed by atoms with Crippen LogP contribution in [0.3, 0.4) is 0 Å². The van der Waals surface area contributed by atoms with Crippen molar-refractivity contribution in [3.05, 3.63) is 84.4 Å². The molecule has 1 N–H and O–H groups in total. The van der Waals surface area contributed by atoms with Gasteiger partial charge in [0.1, 0.15) is 0 Å². The minimum Gasteiger partial charge on any atom is -0.387 e. The molecule has 17 heavy (non-hydrogen) atoms. The number of rotatable bonds is 4. The minimum atomic E-state index is -0.545. The van der Waals surface area contributed by atoms with E-state index in [1.54, 1.807) is 6.08 Å². The standard InChI is InChI=1S/C16H16O/c1-2-15(13-9-5-3-6-10-13)16(17)14-11-7-4-8-12-14/h2-12,15-17H,1H2/t15-,16+/m1/s1. The van der Waals surface area contributed by atoms with Crippen LogP contribution in [0.5, 0.6) is 0 Å². The molecule has 2 aromatic rings. The first-order valence-corrected chi connectivity index (χ1v) is 5.73. The zero-order valence-corrected chi connectivity index (χ0v) is 9.66. The molecule has 2 aromatic carbocycles. The topological polar surface area (TPSA) is 20.2 Å². The zero-order chi connectivity index (χ0) is 12.1. The number of aliphatic hydroxyl groups is 1. The summed E-state index contributed by atoms with van der Waals surface area (Å²) in [5.41, 5.74) is 2.00. The van der Waals surface area contributed by atoms with Crippen LogP contribution in [0.4, 0.5) is 0 Å². The van der Waals surface area contributed by atoms with Crippen molar-refractivity contribution in [2.24, 2.45) is 0 Å². The molecule has 1 heteroatoms. The van der Waals surface area contributed by atoms with E-state index in [4.69, 9.17) is 0 Å². The molecular weight excluding hydrogens is 208 g/mol. The fourth-order valence-corrected chi connectivity index (χ4v) is 1.98. The van der Waals surface area contributed by atoms with Gasteiger partial charge in [0, 0.05) is 5.92 Å². The van der Waals surface area contributed by atoms with Gasteiger partial charge in [0.25, 0.3) is 0 Å². The average Bonchev–Trinajstić information content (AvgIpc) is 2.42.